The molecule has 21 heavy (non-hydrogen) atoms. The molecule has 1 aliphatic rings. The lowest BCUT2D eigenvalue weighted by molar-refractivity contribution is -0.125. The van der Waals surface area contributed by atoms with Crippen LogP contribution in [-0.2, 0) is 4.79 Å². The van der Waals surface area contributed by atoms with Gasteiger partial charge in [0.2, 0.25) is 5.91 Å². The van der Waals surface area contributed by atoms with Crippen molar-refractivity contribution >= 4 is 17.7 Å². The summed E-state index contributed by atoms with van der Waals surface area (Å²) in [6, 6.07) is 9.95. The van der Waals surface area contributed by atoms with Crippen molar-refractivity contribution in [2.45, 2.75) is 24.2 Å². The lowest BCUT2D eigenvalue weighted by atomic mass is 9.97. The summed E-state index contributed by atoms with van der Waals surface area (Å²) in [6.45, 7) is 0.105. The number of rotatable bonds is 6. The Morgan fingerprint density at radius 1 is 1.43 bits per heavy atom. The van der Waals surface area contributed by atoms with Gasteiger partial charge in [-0.1, -0.05) is 6.42 Å². The van der Waals surface area contributed by atoms with Crippen LogP contribution in [0, 0.1) is 23.2 Å². The highest BCUT2D eigenvalue weighted by molar-refractivity contribution is 7.99. The number of nitrogens with zero attached hydrogens (tertiary/aromatic N) is 1. The van der Waals surface area contributed by atoms with Crippen LogP contribution in [0.4, 0.5) is 0 Å². The van der Waals surface area contributed by atoms with E-state index >= 15 is 0 Å². The van der Waals surface area contributed by atoms with Crippen molar-refractivity contribution in [3.05, 3.63) is 24.3 Å². The number of thioether (sulfide) groups is 1. The summed E-state index contributed by atoms with van der Waals surface area (Å²) >= 11 is 1.78. The fraction of sp³-hybridized carbons (Fsp3) is 0.500. The Hall–Kier alpha value is -1.67. The molecule has 0 spiro atoms. The fourth-order valence-corrected chi connectivity index (χ4v) is 3.85. The first-order valence-corrected chi connectivity index (χ1v) is 8.14. The molecule has 0 bridgehead atoms. The number of benzene rings is 1. The topological polar surface area (TPSA) is 62.1 Å². The molecule has 1 saturated carbocycles. The van der Waals surface area contributed by atoms with Crippen molar-refractivity contribution in [3.63, 3.8) is 0 Å². The van der Waals surface area contributed by atoms with Crippen LogP contribution in [0.15, 0.2) is 29.2 Å². The third-order valence-electron chi connectivity index (χ3n) is 3.86. The van der Waals surface area contributed by atoms with Gasteiger partial charge in [-0.2, -0.15) is 5.26 Å². The summed E-state index contributed by atoms with van der Waals surface area (Å²) in [5, 5.41) is 11.2. The number of hydrogen-bond acceptors (Lipinski definition) is 4. The van der Waals surface area contributed by atoms with Gasteiger partial charge in [-0.25, -0.2) is 0 Å². The Bertz CT molecular complexity index is 510. The minimum atomic E-state index is 0.0365. The standard InChI is InChI=1S/C16H20N2O2S/c1-20-13-5-7-14(8-6-13)21-11-12-3-2-4-15(12)16(19)18-10-9-17/h5-8,12,15H,2-4,10-11H2,1H3,(H,18,19). The minimum absolute atomic E-state index is 0.0365. The highest BCUT2D eigenvalue weighted by Gasteiger charge is 2.32. The van der Waals surface area contributed by atoms with Crippen LogP contribution in [0.25, 0.3) is 0 Å². The SMILES string of the molecule is COc1ccc(SCC2CCCC2C(=O)NCC#N)cc1. The zero-order valence-electron chi connectivity index (χ0n) is 12.2. The zero-order valence-corrected chi connectivity index (χ0v) is 13.0. The minimum Gasteiger partial charge on any atom is -0.497 e. The molecule has 1 N–H and O–H groups in total. The summed E-state index contributed by atoms with van der Waals surface area (Å²) in [5.41, 5.74) is 0. The number of hydrogen-bond donors (Lipinski definition) is 1. The van der Waals surface area contributed by atoms with Crippen LogP contribution in [0.2, 0.25) is 0 Å². The van der Waals surface area contributed by atoms with Crippen LogP contribution in [0.3, 0.4) is 0 Å². The van der Waals surface area contributed by atoms with Crippen molar-refractivity contribution < 1.29 is 9.53 Å². The Labute approximate surface area is 129 Å². The third kappa shape index (κ3) is 4.40. The second-order valence-electron chi connectivity index (χ2n) is 5.16. The lowest BCUT2D eigenvalue weighted by Gasteiger charge is -2.18. The number of ether oxygens (including phenoxy) is 1. The average molecular weight is 304 g/mol. The molecule has 112 valence electrons. The molecule has 0 heterocycles. The van der Waals surface area contributed by atoms with E-state index in [-0.39, 0.29) is 18.4 Å². The molecule has 1 fully saturated rings. The maximum Gasteiger partial charge on any atom is 0.224 e. The quantitative estimate of drug-likeness (QED) is 0.648. The average Bonchev–Trinajstić information content (AvgIpc) is 2.99. The van der Waals surface area contributed by atoms with E-state index in [1.54, 1.807) is 18.9 Å². The molecule has 0 saturated heterocycles. The maximum absolute atomic E-state index is 12.0. The normalized spacial score (nSPS) is 20.8. The molecule has 0 aromatic heterocycles. The number of nitriles is 1. The van der Waals surface area contributed by atoms with Gasteiger partial charge in [0, 0.05) is 16.6 Å². The van der Waals surface area contributed by atoms with Crippen LogP contribution >= 0.6 is 11.8 Å². The summed E-state index contributed by atoms with van der Waals surface area (Å²) < 4.78 is 5.14. The first-order valence-electron chi connectivity index (χ1n) is 7.16. The highest BCUT2D eigenvalue weighted by Crippen LogP contribution is 2.36. The van der Waals surface area contributed by atoms with E-state index in [2.05, 4.69) is 5.32 Å². The predicted molar refractivity (Wildman–Crippen MR) is 83.2 cm³/mol. The van der Waals surface area contributed by atoms with E-state index in [1.165, 1.54) is 4.90 Å². The van der Waals surface area contributed by atoms with Crippen LogP contribution in [0.1, 0.15) is 19.3 Å². The molecule has 5 heteroatoms. The number of carbonyl (C=O) groups is 1. The van der Waals surface area contributed by atoms with Crippen LogP contribution in [0.5, 0.6) is 5.75 Å². The molecule has 1 aromatic rings. The number of methoxy groups -OCH3 is 1. The third-order valence-corrected chi connectivity index (χ3v) is 5.06. The molecule has 2 atom stereocenters. The first kappa shape index (κ1) is 15.7. The molecule has 2 rings (SSSR count). The van der Waals surface area contributed by atoms with E-state index < -0.39 is 0 Å². The summed E-state index contributed by atoms with van der Waals surface area (Å²) in [5.74, 6) is 2.29. The summed E-state index contributed by atoms with van der Waals surface area (Å²) in [4.78, 5) is 13.2. The number of amides is 1. The largest absolute Gasteiger partial charge is 0.497 e. The van der Waals surface area contributed by atoms with Crippen molar-refractivity contribution in [2.75, 3.05) is 19.4 Å². The van der Waals surface area contributed by atoms with Crippen molar-refractivity contribution in [1.82, 2.24) is 5.32 Å². The highest BCUT2D eigenvalue weighted by atomic mass is 32.2. The summed E-state index contributed by atoms with van der Waals surface area (Å²) in [6.07, 6.45) is 3.12. The van der Waals surface area contributed by atoms with Gasteiger partial charge in [-0.15, -0.1) is 11.8 Å². The van der Waals surface area contributed by atoms with Gasteiger partial charge in [-0.05, 0) is 43.0 Å². The molecule has 2 unspecified atom stereocenters. The Kier molecular flexibility index (Phi) is 5.94. The van der Waals surface area contributed by atoms with Gasteiger partial charge in [0.1, 0.15) is 12.3 Å². The monoisotopic (exact) mass is 304 g/mol. The first-order chi connectivity index (χ1) is 10.2. The van der Waals surface area contributed by atoms with Gasteiger partial charge in [0.25, 0.3) is 0 Å². The molecule has 1 amide bonds. The molecule has 1 aliphatic carbocycles. The fourth-order valence-electron chi connectivity index (χ4n) is 2.71. The Morgan fingerprint density at radius 2 is 2.19 bits per heavy atom. The van der Waals surface area contributed by atoms with Gasteiger partial charge in [-0.3, -0.25) is 4.79 Å². The molecular weight excluding hydrogens is 284 g/mol. The van der Waals surface area contributed by atoms with E-state index in [0.29, 0.717) is 5.92 Å². The second kappa shape index (κ2) is 7.94. The van der Waals surface area contributed by atoms with Crippen molar-refractivity contribution in [1.29, 1.82) is 5.26 Å². The van der Waals surface area contributed by atoms with Crippen LogP contribution < -0.4 is 10.1 Å². The Morgan fingerprint density at radius 3 is 2.86 bits per heavy atom. The smallest absolute Gasteiger partial charge is 0.224 e. The maximum atomic E-state index is 12.0. The second-order valence-corrected chi connectivity index (χ2v) is 6.25. The molecule has 0 radical (unpaired) electrons. The lowest BCUT2D eigenvalue weighted by Crippen LogP contribution is -2.33. The van der Waals surface area contributed by atoms with E-state index in [4.69, 9.17) is 10.00 Å². The summed E-state index contributed by atoms with van der Waals surface area (Å²) in [7, 11) is 1.66. The molecule has 0 aliphatic heterocycles. The van der Waals surface area contributed by atoms with Gasteiger partial charge >= 0.3 is 0 Å². The van der Waals surface area contributed by atoms with Gasteiger partial charge in [0.05, 0.1) is 13.2 Å². The van der Waals surface area contributed by atoms with E-state index in [0.717, 1.165) is 30.8 Å². The van der Waals surface area contributed by atoms with E-state index in [1.807, 2.05) is 30.3 Å². The van der Waals surface area contributed by atoms with Gasteiger partial charge < -0.3 is 10.1 Å². The van der Waals surface area contributed by atoms with E-state index in [9.17, 15) is 4.79 Å². The Balaban J connectivity index is 1.86. The van der Waals surface area contributed by atoms with Gasteiger partial charge in [0.15, 0.2) is 0 Å². The molecular formula is C16H20N2O2S. The molecule has 4 nitrogen and oxygen atoms in total. The predicted octanol–water partition coefficient (Wildman–Crippen LogP) is 2.84. The van der Waals surface area contributed by atoms with Crippen LogP contribution in [-0.4, -0.2) is 25.3 Å². The van der Waals surface area contributed by atoms with Crippen molar-refractivity contribution in [3.8, 4) is 11.8 Å². The number of nitrogens with one attached hydrogen (secondary N) is 1. The number of carbonyl (C=O) groups excluding carboxylic acids is 1. The molecule has 1 aromatic carbocycles. The van der Waals surface area contributed by atoms with Crippen molar-refractivity contribution in [2.24, 2.45) is 11.8 Å². The zero-order chi connectivity index (χ0) is 15.1.